The number of rotatable bonds is 1. The molecular formula is C5H3FN2O2. The third-order valence-corrected chi connectivity index (χ3v) is 0.901. The van der Waals surface area contributed by atoms with Gasteiger partial charge >= 0.3 is 0 Å². The Bertz CT molecular complexity index is 264. The van der Waals surface area contributed by atoms with Crippen LogP contribution in [0.25, 0.3) is 0 Å². The molecular weight excluding hydrogens is 139 g/mol. The van der Waals surface area contributed by atoms with Gasteiger partial charge in [-0.3, -0.25) is 15.1 Å². The van der Waals surface area contributed by atoms with Crippen molar-refractivity contribution in [3.63, 3.8) is 0 Å². The van der Waals surface area contributed by atoms with Gasteiger partial charge < -0.3 is 0 Å². The fourth-order valence-electron chi connectivity index (χ4n) is 0.500. The number of halogens is 1. The van der Waals surface area contributed by atoms with E-state index in [4.69, 9.17) is 0 Å². The van der Waals surface area contributed by atoms with Gasteiger partial charge in [0.15, 0.2) is 0 Å². The van der Waals surface area contributed by atoms with Crippen molar-refractivity contribution in [2.24, 2.45) is 0 Å². The van der Waals surface area contributed by atoms with E-state index in [0.29, 0.717) is 0 Å². The highest BCUT2D eigenvalue weighted by atomic mass is 19.1. The first-order valence-electron chi connectivity index (χ1n) is 2.45. The van der Waals surface area contributed by atoms with Gasteiger partial charge in [0.2, 0.25) is 0 Å². The highest BCUT2D eigenvalue weighted by Crippen LogP contribution is 2.08. The van der Waals surface area contributed by atoms with Gasteiger partial charge in [0.1, 0.15) is 12.0 Å². The Morgan fingerprint density at radius 3 is 2.70 bits per heavy atom. The zero-order valence-corrected chi connectivity index (χ0v) is 4.82. The second-order valence-electron chi connectivity index (χ2n) is 1.62. The summed E-state index contributed by atoms with van der Waals surface area (Å²) in [4.78, 5) is 12.5. The minimum Gasteiger partial charge on any atom is -0.258 e. The standard InChI is InChI=1S/C5H3FN2O2/c6-4-1-5(8(9)10)3-7-2-4/h1-3H. The maximum absolute atomic E-state index is 12.2. The lowest BCUT2D eigenvalue weighted by atomic mass is 10.4. The second kappa shape index (κ2) is 2.38. The highest BCUT2D eigenvalue weighted by Gasteiger charge is 2.04. The van der Waals surface area contributed by atoms with E-state index in [-0.39, 0.29) is 5.69 Å². The molecule has 1 aromatic rings. The molecule has 1 rings (SSSR count). The number of hydrogen-bond donors (Lipinski definition) is 0. The Morgan fingerprint density at radius 1 is 1.60 bits per heavy atom. The molecule has 10 heavy (non-hydrogen) atoms. The molecule has 1 aromatic heterocycles. The molecule has 0 spiro atoms. The Labute approximate surface area is 55.5 Å². The van der Waals surface area contributed by atoms with E-state index in [2.05, 4.69) is 4.98 Å². The zero-order valence-electron chi connectivity index (χ0n) is 4.82. The van der Waals surface area contributed by atoms with Gasteiger partial charge in [-0.2, -0.15) is 0 Å². The SMILES string of the molecule is O=[N+]([O-])c1cncc(F)c1. The van der Waals surface area contributed by atoms with Gasteiger partial charge in [-0.15, -0.1) is 0 Å². The minimum absolute atomic E-state index is 0.333. The van der Waals surface area contributed by atoms with Gasteiger partial charge in [-0.05, 0) is 0 Å². The number of hydrogen-bond acceptors (Lipinski definition) is 3. The quantitative estimate of drug-likeness (QED) is 0.436. The minimum atomic E-state index is -0.700. The van der Waals surface area contributed by atoms with Crippen LogP contribution in [0.1, 0.15) is 0 Å². The van der Waals surface area contributed by atoms with Crippen molar-refractivity contribution in [2.45, 2.75) is 0 Å². The molecule has 0 fully saturated rings. The molecule has 0 unspecified atom stereocenters. The maximum Gasteiger partial charge on any atom is 0.290 e. The van der Waals surface area contributed by atoms with Crippen molar-refractivity contribution in [1.82, 2.24) is 4.98 Å². The van der Waals surface area contributed by atoms with E-state index in [0.717, 1.165) is 18.5 Å². The lowest BCUT2D eigenvalue weighted by molar-refractivity contribution is -0.385. The molecule has 5 heteroatoms. The molecule has 0 aromatic carbocycles. The molecule has 0 aliphatic carbocycles. The van der Waals surface area contributed by atoms with Gasteiger partial charge in [0.05, 0.1) is 17.2 Å². The summed E-state index contributed by atoms with van der Waals surface area (Å²) in [5.74, 6) is -0.700. The summed E-state index contributed by atoms with van der Waals surface area (Å²) in [6.45, 7) is 0. The van der Waals surface area contributed by atoms with Gasteiger partial charge in [0, 0.05) is 0 Å². The van der Waals surface area contributed by atoms with Crippen LogP contribution in [0.15, 0.2) is 18.5 Å². The first-order chi connectivity index (χ1) is 4.70. The van der Waals surface area contributed by atoms with Crippen LogP contribution in [-0.4, -0.2) is 9.91 Å². The number of aromatic nitrogens is 1. The van der Waals surface area contributed by atoms with Crippen molar-refractivity contribution < 1.29 is 9.31 Å². The molecule has 0 N–H and O–H groups in total. The van der Waals surface area contributed by atoms with Crippen LogP contribution in [0.5, 0.6) is 0 Å². The van der Waals surface area contributed by atoms with E-state index in [9.17, 15) is 14.5 Å². The van der Waals surface area contributed by atoms with E-state index in [1.54, 1.807) is 0 Å². The highest BCUT2D eigenvalue weighted by molar-refractivity contribution is 5.24. The van der Waals surface area contributed by atoms with Crippen molar-refractivity contribution >= 4 is 5.69 Å². The summed E-state index contributed by atoms with van der Waals surface area (Å²) < 4.78 is 12.2. The summed E-state index contributed by atoms with van der Waals surface area (Å²) in [6, 6.07) is 0.812. The van der Waals surface area contributed by atoms with Crippen molar-refractivity contribution in [3.8, 4) is 0 Å². The largest absolute Gasteiger partial charge is 0.290 e. The first-order valence-corrected chi connectivity index (χ1v) is 2.45. The molecule has 52 valence electrons. The molecule has 0 aliphatic rings. The number of pyridine rings is 1. The molecule has 0 amide bonds. The monoisotopic (exact) mass is 142 g/mol. The number of nitro groups is 1. The third-order valence-electron chi connectivity index (χ3n) is 0.901. The van der Waals surface area contributed by atoms with Crippen LogP contribution in [-0.2, 0) is 0 Å². The Balaban J connectivity index is 3.07. The fourth-order valence-corrected chi connectivity index (χ4v) is 0.500. The molecule has 1 heterocycles. The smallest absolute Gasteiger partial charge is 0.258 e. The molecule has 4 nitrogen and oxygen atoms in total. The van der Waals surface area contributed by atoms with Crippen LogP contribution in [0.4, 0.5) is 10.1 Å². The van der Waals surface area contributed by atoms with E-state index in [1.165, 1.54) is 0 Å². The summed E-state index contributed by atoms with van der Waals surface area (Å²) >= 11 is 0. The van der Waals surface area contributed by atoms with Crippen LogP contribution in [0.3, 0.4) is 0 Å². The van der Waals surface area contributed by atoms with E-state index < -0.39 is 10.7 Å². The summed E-state index contributed by atoms with van der Waals surface area (Å²) in [6.07, 6.45) is 1.90. The zero-order chi connectivity index (χ0) is 7.56. The predicted molar refractivity (Wildman–Crippen MR) is 30.8 cm³/mol. The summed E-state index contributed by atoms with van der Waals surface area (Å²) in [5, 5.41) is 9.95. The van der Waals surface area contributed by atoms with Gasteiger partial charge in [-0.1, -0.05) is 0 Å². The lowest BCUT2D eigenvalue weighted by Crippen LogP contribution is -1.89. The van der Waals surface area contributed by atoms with Crippen molar-refractivity contribution in [1.29, 1.82) is 0 Å². The topological polar surface area (TPSA) is 56.0 Å². The van der Waals surface area contributed by atoms with E-state index >= 15 is 0 Å². The van der Waals surface area contributed by atoms with Crippen LogP contribution in [0, 0.1) is 15.9 Å². The average molecular weight is 142 g/mol. The normalized spacial score (nSPS) is 9.30. The summed E-state index contributed by atoms with van der Waals surface area (Å²) in [7, 11) is 0. The van der Waals surface area contributed by atoms with Crippen molar-refractivity contribution in [3.05, 3.63) is 34.4 Å². The van der Waals surface area contributed by atoms with Crippen LogP contribution < -0.4 is 0 Å². The Hall–Kier alpha value is -1.52. The molecule has 0 saturated carbocycles. The number of nitrogens with zero attached hydrogens (tertiary/aromatic N) is 2. The van der Waals surface area contributed by atoms with Crippen LogP contribution in [0.2, 0.25) is 0 Å². The molecule has 0 bridgehead atoms. The predicted octanol–water partition coefficient (Wildman–Crippen LogP) is 1.13. The van der Waals surface area contributed by atoms with Crippen molar-refractivity contribution in [2.75, 3.05) is 0 Å². The molecule has 0 atom stereocenters. The molecule has 0 saturated heterocycles. The first kappa shape index (κ1) is 6.60. The van der Waals surface area contributed by atoms with E-state index in [1.807, 2.05) is 0 Å². The Kier molecular flexibility index (Phi) is 1.57. The third kappa shape index (κ3) is 1.25. The average Bonchev–Trinajstić information content (AvgIpc) is 1.88. The van der Waals surface area contributed by atoms with Gasteiger partial charge in [0.25, 0.3) is 5.69 Å². The maximum atomic E-state index is 12.2. The Morgan fingerprint density at radius 2 is 2.30 bits per heavy atom. The molecule has 0 radical (unpaired) electrons. The van der Waals surface area contributed by atoms with Gasteiger partial charge in [-0.25, -0.2) is 4.39 Å². The van der Waals surface area contributed by atoms with Crippen LogP contribution >= 0.6 is 0 Å². The second-order valence-corrected chi connectivity index (χ2v) is 1.62. The molecule has 0 aliphatic heterocycles. The fraction of sp³-hybridized carbons (Fsp3) is 0. The summed E-state index contributed by atoms with van der Waals surface area (Å²) in [5.41, 5.74) is -0.333. The lowest BCUT2D eigenvalue weighted by Gasteiger charge is -1.87.